The van der Waals surface area contributed by atoms with Gasteiger partial charge in [-0.3, -0.25) is 14.4 Å². The van der Waals surface area contributed by atoms with Crippen LogP contribution < -0.4 is 5.73 Å². The van der Waals surface area contributed by atoms with Crippen LogP contribution in [0, 0.1) is 23.4 Å². The van der Waals surface area contributed by atoms with Gasteiger partial charge in [-0.1, -0.05) is 12.1 Å². The molecular weight excluding hydrogens is 559 g/mol. The van der Waals surface area contributed by atoms with E-state index in [2.05, 4.69) is 0 Å². The third-order valence-electron chi connectivity index (χ3n) is 7.05. The number of aliphatic carboxylic acids is 2. The normalized spacial score (nSPS) is 18.3. The largest absolute Gasteiger partial charge is 0.478 e. The van der Waals surface area contributed by atoms with Crippen molar-refractivity contribution in [3.8, 4) is 0 Å². The number of carbonyl (C=O) groups excluding carboxylic acids is 3. The van der Waals surface area contributed by atoms with Crippen molar-refractivity contribution in [1.29, 1.82) is 0 Å². The third-order valence-corrected chi connectivity index (χ3v) is 7.05. The van der Waals surface area contributed by atoms with Crippen LogP contribution in [0.15, 0.2) is 48.6 Å². The Morgan fingerprint density at radius 2 is 1.57 bits per heavy atom. The summed E-state index contributed by atoms with van der Waals surface area (Å²) < 4.78 is 40.5. The molecular formula is C29H30F3N3O7. The van der Waals surface area contributed by atoms with E-state index in [1.807, 2.05) is 0 Å². The fraction of sp³-hybridized carbons (Fsp3) is 0.345. The standard InChI is InChI=1S/C25H26F3N3O3.C4H4O4/c1-14(32)15-3-2-4-16(7-15)25(34)30-12-17-5-6-31(23(17)13-30)24(33)10-19(29)8-18-9-21(27)22(28)11-20(18)26;5-3(6)1-2-4(7)8/h2-4,7,9,11,17,19,23H,5-6,8,10,12-13,29H2,1H3;1-2H,(H,5,6)(H,7,8)/b;2-1+/t17-,19+,23+;/m0./s1. The summed E-state index contributed by atoms with van der Waals surface area (Å²) in [7, 11) is 0. The summed E-state index contributed by atoms with van der Waals surface area (Å²) in [5.41, 5.74) is 6.85. The zero-order valence-corrected chi connectivity index (χ0v) is 22.6. The maximum atomic E-state index is 13.9. The SMILES string of the molecule is CC(=O)c1cccc(C(=O)N2C[C@@H]3CCN(C(=O)C[C@H](N)Cc4cc(F)c(F)cc4F)[C@@H]3C2)c1.O=C(O)/C=C/C(=O)O. The molecule has 2 aliphatic heterocycles. The number of amides is 2. The summed E-state index contributed by atoms with van der Waals surface area (Å²) in [5.74, 6) is -6.23. The molecule has 13 heteroatoms. The lowest BCUT2D eigenvalue weighted by atomic mass is 10.0. The average Bonchev–Trinajstić information content (AvgIpc) is 3.52. The van der Waals surface area contributed by atoms with Crippen molar-refractivity contribution in [2.24, 2.45) is 11.7 Å². The first-order valence-corrected chi connectivity index (χ1v) is 13.0. The van der Waals surface area contributed by atoms with Gasteiger partial charge in [0, 0.05) is 67.4 Å². The number of nitrogens with two attached hydrogens (primary N) is 1. The number of likely N-dealkylation sites (tertiary alicyclic amines) is 2. The summed E-state index contributed by atoms with van der Waals surface area (Å²) in [6.45, 7) is 2.89. The number of carboxylic acids is 2. The van der Waals surface area contributed by atoms with E-state index >= 15 is 0 Å². The molecule has 4 rings (SSSR count). The fourth-order valence-electron chi connectivity index (χ4n) is 5.05. The first kappa shape index (κ1) is 32.0. The second-order valence-electron chi connectivity index (χ2n) is 10.1. The van der Waals surface area contributed by atoms with Crippen molar-refractivity contribution >= 4 is 29.5 Å². The molecule has 0 spiro atoms. The monoisotopic (exact) mass is 589 g/mol. The molecule has 2 aromatic rings. The Labute approximate surface area is 239 Å². The van der Waals surface area contributed by atoms with E-state index in [0.717, 1.165) is 12.5 Å². The van der Waals surface area contributed by atoms with Gasteiger partial charge in [0.15, 0.2) is 17.4 Å². The smallest absolute Gasteiger partial charge is 0.328 e. The van der Waals surface area contributed by atoms with Crippen LogP contribution in [0.1, 0.15) is 46.0 Å². The molecule has 3 atom stereocenters. The van der Waals surface area contributed by atoms with E-state index in [4.69, 9.17) is 15.9 Å². The summed E-state index contributed by atoms with van der Waals surface area (Å²) >= 11 is 0. The first-order chi connectivity index (χ1) is 19.8. The molecule has 0 radical (unpaired) electrons. The van der Waals surface area contributed by atoms with Gasteiger partial charge in [0.2, 0.25) is 5.91 Å². The summed E-state index contributed by atoms with van der Waals surface area (Å²) in [5, 5.41) is 15.6. The highest BCUT2D eigenvalue weighted by atomic mass is 19.2. The second-order valence-corrected chi connectivity index (χ2v) is 10.1. The Kier molecular flexibility index (Phi) is 10.6. The number of carboxylic acid groups (broad SMARTS) is 2. The number of halogens is 3. The van der Waals surface area contributed by atoms with Crippen LogP contribution in [0.2, 0.25) is 0 Å². The lowest BCUT2D eigenvalue weighted by Gasteiger charge is -2.26. The number of nitrogens with zero attached hydrogens (tertiary/aromatic N) is 2. The van der Waals surface area contributed by atoms with Crippen molar-refractivity contribution in [2.75, 3.05) is 19.6 Å². The minimum absolute atomic E-state index is 0.0732. The Hall–Kier alpha value is -4.52. The number of benzene rings is 2. The third kappa shape index (κ3) is 8.26. The lowest BCUT2D eigenvalue weighted by molar-refractivity contribution is -0.134. The Morgan fingerprint density at radius 1 is 0.952 bits per heavy atom. The van der Waals surface area contributed by atoms with Crippen LogP contribution in [0.25, 0.3) is 0 Å². The number of ketones is 1. The number of hydrogen-bond donors (Lipinski definition) is 3. The Bertz CT molecular complexity index is 1400. The summed E-state index contributed by atoms with van der Waals surface area (Å²) in [6.07, 6.45) is 1.69. The van der Waals surface area contributed by atoms with Gasteiger partial charge in [0.25, 0.3) is 5.91 Å². The highest BCUT2D eigenvalue weighted by Gasteiger charge is 2.44. The van der Waals surface area contributed by atoms with Crippen LogP contribution >= 0.6 is 0 Å². The fourth-order valence-corrected chi connectivity index (χ4v) is 5.05. The minimum atomic E-state index is -1.28. The van der Waals surface area contributed by atoms with Crippen LogP contribution in [0.4, 0.5) is 13.2 Å². The average molecular weight is 590 g/mol. The van der Waals surface area contributed by atoms with E-state index in [1.54, 1.807) is 34.1 Å². The van der Waals surface area contributed by atoms with Crippen LogP contribution in [0.3, 0.4) is 0 Å². The molecule has 0 bridgehead atoms. The van der Waals surface area contributed by atoms with Gasteiger partial charge in [-0.25, -0.2) is 22.8 Å². The van der Waals surface area contributed by atoms with Crippen molar-refractivity contribution in [3.05, 3.63) is 82.7 Å². The molecule has 42 heavy (non-hydrogen) atoms. The molecule has 0 aliphatic carbocycles. The number of carbonyl (C=O) groups is 5. The second kappa shape index (κ2) is 13.9. The molecule has 10 nitrogen and oxygen atoms in total. The van der Waals surface area contributed by atoms with E-state index in [-0.39, 0.29) is 48.0 Å². The van der Waals surface area contributed by atoms with E-state index in [1.165, 1.54) is 6.92 Å². The lowest BCUT2D eigenvalue weighted by Crippen LogP contribution is -2.43. The molecule has 0 saturated carbocycles. The van der Waals surface area contributed by atoms with Gasteiger partial charge in [0.05, 0.1) is 6.04 Å². The van der Waals surface area contributed by atoms with Gasteiger partial charge in [-0.05, 0) is 43.5 Å². The van der Waals surface area contributed by atoms with Crippen molar-refractivity contribution in [1.82, 2.24) is 9.80 Å². The quantitative estimate of drug-likeness (QED) is 0.241. The predicted octanol–water partition coefficient (Wildman–Crippen LogP) is 2.65. The molecule has 2 aromatic carbocycles. The van der Waals surface area contributed by atoms with Crippen molar-refractivity contribution < 1.29 is 47.4 Å². The van der Waals surface area contributed by atoms with E-state index in [0.29, 0.717) is 49.0 Å². The van der Waals surface area contributed by atoms with Crippen molar-refractivity contribution in [3.63, 3.8) is 0 Å². The van der Waals surface area contributed by atoms with Gasteiger partial charge in [0.1, 0.15) is 5.82 Å². The number of Topliss-reactive ketones (excluding diaryl/α,β-unsaturated/α-hetero) is 1. The molecule has 2 heterocycles. The van der Waals surface area contributed by atoms with Crippen LogP contribution in [0.5, 0.6) is 0 Å². The molecule has 0 unspecified atom stereocenters. The first-order valence-electron chi connectivity index (χ1n) is 13.0. The minimum Gasteiger partial charge on any atom is -0.478 e. The highest BCUT2D eigenvalue weighted by molar-refractivity contribution is 5.99. The summed E-state index contributed by atoms with van der Waals surface area (Å²) in [6, 6.07) is 6.92. The van der Waals surface area contributed by atoms with Crippen LogP contribution in [-0.2, 0) is 20.8 Å². The zero-order chi connectivity index (χ0) is 31.1. The predicted molar refractivity (Wildman–Crippen MR) is 143 cm³/mol. The van der Waals surface area contributed by atoms with E-state index in [9.17, 15) is 37.1 Å². The number of fused-ring (bicyclic) bond motifs is 1. The maximum Gasteiger partial charge on any atom is 0.328 e. The molecule has 0 aromatic heterocycles. The summed E-state index contributed by atoms with van der Waals surface area (Å²) in [4.78, 5) is 60.1. The topological polar surface area (TPSA) is 158 Å². The molecule has 2 aliphatic rings. The molecule has 2 saturated heterocycles. The Balaban J connectivity index is 0.000000531. The molecule has 224 valence electrons. The zero-order valence-electron chi connectivity index (χ0n) is 22.6. The highest BCUT2D eigenvalue weighted by Crippen LogP contribution is 2.33. The van der Waals surface area contributed by atoms with Crippen molar-refractivity contribution in [2.45, 2.75) is 38.3 Å². The maximum absolute atomic E-state index is 13.9. The molecule has 2 amide bonds. The number of rotatable bonds is 8. The van der Waals surface area contributed by atoms with Gasteiger partial charge in [-0.15, -0.1) is 0 Å². The molecule has 2 fully saturated rings. The van der Waals surface area contributed by atoms with E-state index < -0.39 is 35.4 Å². The molecule has 4 N–H and O–H groups in total. The van der Waals surface area contributed by atoms with Gasteiger partial charge >= 0.3 is 11.9 Å². The number of hydrogen-bond acceptors (Lipinski definition) is 6. The van der Waals surface area contributed by atoms with Crippen LogP contribution in [-0.4, -0.2) is 81.3 Å². The van der Waals surface area contributed by atoms with Gasteiger partial charge < -0.3 is 25.7 Å². The Morgan fingerprint density at radius 3 is 2.19 bits per heavy atom. The van der Waals surface area contributed by atoms with Gasteiger partial charge in [-0.2, -0.15) is 0 Å².